The van der Waals surface area contributed by atoms with Gasteiger partial charge in [0.1, 0.15) is 0 Å². The van der Waals surface area contributed by atoms with Crippen LogP contribution in [0.15, 0.2) is 11.6 Å². The average molecular weight is 204 g/mol. The van der Waals surface area contributed by atoms with Gasteiger partial charge >= 0.3 is 0 Å². The molecule has 0 fully saturated rings. The van der Waals surface area contributed by atoms with E-state index >= 15 is 0 Å². The highest BCUT2D eigenvalue weighted by molar-refractivity contribution is 5.11. The first-order chi connectivity index (χ1) is 6.39. The Balaban J connectivity index is 2.64. The minimum atomic E-state index is -2.62. The van der Waals surface area contributed by atoms with Crippen molar-refractivity contribution in [1.29, 1.82) is 0 Å². The van der Waals surface area contributed by atoms with E-state index in [9.17, 15) is 8.78 Å². The quantitative estimate of drug-likeness (QED) is 0.700. The lowest BCUT2D eigenvalue weighted by molar-refractivity contribution is -0.0265. The minimum absolute atomic E-state index is 0.425. The topological polar surface area (TPSA) is 20.2 Å². The van der Waals surface area contributed by atoms with Gasteiger partial charge in [-0.2, -0.15) is 0 Å². The predicted molar refractivity (Wildman–Crippen MR) is 52.3 cm³/mol. The zero-order chi connectivity index (χ0) is 10.8. The Morgan fingerprint density at radius 1 is 1.64 bits per heavy atom. The largest absolute Gasteiger partial charge is 0.393 e. The summed E-state index contributed by atoms with van der Waals surface area (Å²) in [5, 5.41) is 9.17. The Kier molecular flexibility index (Phi) is 3.65. The average Bonchev–Trinajstić information content (AvgIpc) is 2.01. The molecular weight excluding hydrogens is 186 g/mol. The highest BCUT2D eigenvalue weighted by Crippen LogP contribution is 2.35. The van der Waals surface area contributed by atoms with Gasteiger partial charge in [-0.3, -0.25) is 0 Å². The second-order valence-corrected chi connectivity index (χ2v) is 4.33. The van der Waals surface area contributed by atoms with E-state index in [1.54, 1.807) is 13.0 Å². The van der Waals surface area contributed by atoms with Crippen molar-refractivity contribution in [3.8, 4) is 0 Å². The van der Waals surface area contributed by atoms with Crippen LogP contribution >= 0.6 is 0 Å². The molecule has 1 aliphatic rings. The third-order valence-corrected chi connectivity index (χ3v) is 2.66. The number of hydrogen-bond acceptors (Lipinski definition) is 1. The first-order valence-electron chi connectivity index (χ1n) is 5.15. The maximum atomic E-state index is 13.0. The molecule has 1 nitrogen and oxygen atoms in total. The smallest absolute Gasteiger partial charge is 0.251 e. The van der Waals surface area contributed by atoms with Gasteiger partial charge in [0.2, 0.25) is 0 Å². The lowest BCUT2D eigenvalue weighted by atomic mass is 9.85. The Hall–Kier alpha value is -0.440. The molecule has 0 radical (unpaired) electrons. The predicted octanol–water partition coefficient (Wildman–Crippen LogP) is 3.14. The van der Waals surface area contributed by atoms with Crippen LogP contribution in [0.5, 0.6) is 0 Å². The van der Waals surface area contributed by atoms with E-state index in [4.69, 9.17) is 5.11 Å². The van der Waals surface area contributed by atoms with Gasteiger partial charge in [0.15, 0.2) is 0 Å². The van der Waals surface area contributed by atoms with E-state index in [-0.39, 0.29) is 0 Å². The molecule has 0 aromatic carbocycles. The number of aliphatic hydroxyl groups is 1. The zero-order valence-electron chi connectivity index (χ0n) is 8.76. The van der Waals surface area contributed by atoms with E-state index in [0.29, 0.717) is 12.8 Å². The van der Waals surface area contributed by atoms with Crippen molar-refractivity contribution in [2.75, 3.05) is 0 Å². The SMILES string of the molecule is CC(O)CC1=CC(C(C)(F)F)CCC1. The monoisotopic (exact) mass is 204 g/mol. The highest BCUT2D eigenvalue weighted by atomic mass is 19.3. The van der Waals surface area contributed by atoms with Crippen LogP contribution in [0, 0.1) is 5.92 Å². The van der Waals surface area contributed by atoms with Gasteiger partial charge in [-0.1, -0.05) is 11.6 Å². The van der Waals surface area contributed by atoms with Crippen LogP contribution in [0.4, 0.5) is 8.78 Å². The van der Waals surface area contributed by atoms with Crippen molar-refractivity contribution in [3.05, 3.63) is 11.6 Å². The van der Waals surface area contributed by atoms with Crippen LogP contribution in [0.3, 0.4) is 0 Å². The van der Waals surface area contributed by atoms with Gasteiger partial charge in [-0.05, 0) is 39.5 Å². The Morgan fingerprint density at radius 2 is 2.29 bits per heavy atom. The number of halogens is 2. The molecule has 0 aromatic rings. The Labute approximate surface area is 83.8 Å². The second-order valence-electron chi connectivity index (χ2n) is 4.33. The molecular formula is C11H18F2O. The van der Waals surface area contributed by atoms with E-state index in [2.05, 4.69) is 0 Å². The van der Waals surface area contributed by atoms with Gasteiger partial charge in [-0.25, -0.2) is 8.78 Å². The molecule has 3 heteroatoms. The van der Waals surface area contributed by atoms with Crippen LogP contribution in [0.25, 0.3) is 0 Å². The van der Waals surface area contributed by atoms with Crippen molar-refractivity contribution in [2.24, 2.45) is 5.92 Å². The van der Waals surface area contributed by atoms with Crippen LogP contribution in [-0.2, 0) is 0 Å². The van der Waals surface area contributed by atoms with Gasteiger partial charge in [0.05, 0.1) is 6.10 Å². The molecule has 1 rings (SSSR count). The molecule has 0 amide bonds. The molecule has 0 heterocycles. The summed E-state index contributed by atoms with van der Waals surface area (Å²) >= 11 is 0. The van der Waals surface area contributed by atoms with Crippen LogP contribution in [0.1, 0.15) is 39.5 Å². The third kappa shape index (κ3) is 3.37. The van der Waals surface area contributed by atoms with Crippen molar-refractivity contribution in [1.82, 2.24) is 0 Å². The fourth-order valence-electron chi connectivity index (χ4n) is 1.95. The lowest BCUT2D eigenvalue weighted by Gasteiger charge is -2.26. The van der Waals surface area contributed by atoms with E-state index < -0.39 is 17.9 Å². The van der Waals surface area contributed by atoms with Crippen molar-refractivity contribution < 1.29 is 13.9 Å². The second kappa shape index (κ2) is 4.39. The maximum absolute atomic E-state index is 13.0. The normalized spacial score (nSPS) is 25.8. The standard InChI is InChI=1S/C11H18F2O/c1-8(14)6-9-4-3-5-10(7-9)11(2,12)13/h7-8,10,14H,3-6H2,1-2H3. The molecule has 0 spiro atoms. The molecule has 0 saturated carbocycles. The first kappa shape index (κ1) is 11.6. The highest BCUT2D eigenvalue weighted by Gasteiger charge is 2.33. The Morgan fingerprint density at radius 3 is 2.79 bits per heavy atom. The minimum Gasteiger partial charge on any atom is -0.393 e. The van der Waals surface area contributed by atoms with Crippen LogP contribution < -0.4 is 0 Å². The molecule has 82 valence electrons. The molecule has 2 atom stereocenters. The van der Waals surface area contributed by atoms with Crippen molar-refractivity contribution in [3.63, 3.8) is 0 Å². The number of aliphatic hydroxyl groups excluding tert-OH is 1. The molecule has 0 bridgehead atoms. The Bertz CT molecular complexity index is 216. The summed E-state index contributed by atoms with van der Waals surface area (Å²) in [6, 6.07) is 0. The first-order valence-corrected chi connectivity index (χ1v) is 5.15. The lowest BCUT2D eigenvalue weighted by Crippen LogP contribution is -2.25. The summed E-state index contributed by atoms with van der Waals surface area (Å²) in [6.07, 6.45) is 4.00. The molecule has 1 N–H and O–H groups in total. The van der Waals surface area contributed by atoms with Gasteiger partial charge in [0.25, 0.3) is 5.92 Å². The fraction of sp³-hybridized carbons (Fsp3) is 0.818. The van der Waals surface area contributed by atoms with E-state index in [0.717, 1.165) is 25.3 Å². The van der Waals surface area contributed by atoms with Gasteiger partial charge in [-0.15, -0.1) is 0 Å². The summed E-state index contributed by atoms with van der Waals surface area (Å²) in [5.41, 5.74) is 0.984. The molecule has 1 aliphatic carbocycles. The molecule has 0 saturated heterocycles. The third-order valence-electron chi connectivity index (χ3n) is 2.66. The van der Waals surface area contributed by atoms with Crippen LogP contribution in [0.2, 0.25) is 0 Å². The number of rotatable bonds is 3. The number of allylic oxidation sites excluding steroid dienone is 1. The van der Waals surface area contributed by atoms with Crippen molar-refractivity contribution in [2.45, 2.75) is 51.6 Å². The molecule has 14 heavy (non-hydrogen) atoms. The summed E-state index contributed by atoms with van der Waals surface area (Å²) in [5.74, 6) is -3.25. The van der Waals surface area contributed by atoms with E-state index in [1.807, 2.05) is 0 Å². The number of hydrogen-bond donors (Lipinski definition) is 1. The molecule has 0 aromatic heterocycles. The van der Waals surface area contributed by atoms with Gasteiger partial charge in [0, 0.05) is 5.92 Å². The van der Waals surface area contributed by atoms with Crippen molar-refractivity contribution >= 4 is 0 Å². The molecule has 2 unspecified atom stereocenters. The van der Waals surface area contributed by atoms with Crippen LogP contribution in [-0.4, -0.2) is 17.1 Å². The van der Waals surface area contributed by atoms with Gasteiger partial charge < -0.3 is 5.11 Å². The molecule has 0 aliphatic heterocycles. The number of alkyl halides is 2. The summed E-state index contributed by atoms with van der Waals surface area (Å²) in [4.78, 5) is 0. The maximum Gasteiger partial charge on any atom is 0.251 e. The summed E-state index contributed by atoms with van der Waals surface area (Å²) in [7, 11) is 0. The van der Waals surface area contributed by atoms with E-state index in [1.165, 1.54) is 0 Å². The summed E-state index contributed by atoms with van der Waals surface area (Å²) < 4.78 is 26.0. The fourth-order valence-corrected chi connectivity index (χ4v) is 1.95. The zero-order valence-corrected chi connectivity index (χ0v) is 8.76. The summed E-state index contributed by atoms with van der Waals surface area (Å²) in [6.45, 7) is 2.66.